The number of likely N-dealkylation sites (tertiary alicyclic amines) is 1. The van der Waals surface area contributed by atoms with E-state index in [0.29, 0.717) is 11.8 Å². The van der Waals surface area contributed by atoms with Crippen LogP contribution in [0.2, 0.25) is 5.02 Å². The standard InChI is InChI=1S/C17H25ClN2O/c1-13(16-5-4-6-17(18)9-16)10-19(3)11-15-7-8-20(12-15)14(2)21/h4-6,9,13,15H,7-8,10-12H2,1-3H3/t13-,15-/m0/s1. The Morgan fingerprint density at radius 2 is 2.29 bits per heavy atom. The summed E-state index contributed by atoms with van der Waals surface area (Å²) < 4.78 is 0. The lowest BCUT2D eigenvalue weighted by molar-refractivity contribution is -0.127. The van der Waals surface area contributed by atoms with Crippen LogP contribution in [0.1, 0.15) is 31.7 Å². The number of nitrogens with zero attached hydrogens (tertiary/aromatic N) is 2. The highest BCUT2D eigenvalue weighted by molar-refractivity contribution is 6.30. The van der Waals surface area contributed by atoms with Gasteiger partial charge in [-0.25, -0.2) is 0 Å². The van der Waals surface area contributed by atoms with E-state index in [9.17, 15) is 4.79 Å². The molecule has 0 bridgehead atoms. The summed E-state index contributed by atoms with van der Waals surface area (Å²) >= 11 is 6.06. The van der Waals surface area contributed by atoms with E-state index in [1.165, 1.54) is 5.56 Å². The van der Waals surface area contributed by atoms with E-state index < -0.39 is 0 Å². The highest BCUT2D eigenvalue weighted by atomic mass is 35.5. The fourth-order valence-electron chi connectivity index (χ4n) is 3.17. The number of amides is 1. The lowest BCUT2D eigenvalue weighted by Gasteiger charge is -2.24. The molecule has 1 fully saturated rings. The number of benzene rings is 1. The van der Waals surface area contributed by atoms with Gasteiger partial charge in [0.15, 0.2) is 0 Å². The Hall–Kier alpha value is -1.06. The lowest BCUT2D eigenvalue weighted by atomic mass is 10.00. The Morgan fingerprint density at radius 1 is 1.52 bits per heavy atom. The van der Waals surface area contributed by atoms with Gasteiger partial charge in [-0.05, 0) is 43.0 Å². The first-order valence-corrected chi connectivity index (χ1v) is 8.03. The SMILES string of the molecule is CC(=O)N1CC[C@@H](CN(C)C[C@H](C)c2cccc(Cl)c2)C1. The summed E-state index contributed by atoms with van der Waals surface area (Å²) in [6.07, 6.45) is 1.12. The first-order valence-electron chi connectivity index (χ1n) is 7.65. The summed E-state index contributed by atoms with van der Waals surface area (Å²) in [5.74, 6) is 1.26. The van der Waals surface area contributed by atoms with Crippen LogP contribution >= 0.6 is 11.6 Å². The molecule has 2 atom stereocenters. The summed E-state index contributed by atoms with van der Waals surface area (Å²) in [6, 6.07) is 8.11. The summed E-state index contributed by atoms with van der Waals surface area (Å²) in [5.41, 5.74) is 1.28. The number of carbonyl (C=O) groups excluding carboxylic acids is 1. The topological polar surface area (TPSA) is 23.6 Å². The van der Waals surface area contributed by atoms with Crippen LogP contribution in [0, 0.1) is 5.92 Å². The quantitative estimate of drug-likeness (QED) is 0.833. The Labute approximate surface area is 132 Å². The molecule has 1 aromatic carbocycles. The molecule has 2 rings (SSSR count). The van der Waals surface area contributed by atoms with Gasteiger partial charge in [-0.2, -0.15) is 0 Å². The van der Waals surface area contributed by atoms with Crippen LogP contribution in [-0.2, 0) is 4.79 Å². The van der Waals surface area contributed by atoms with Gasteiger partial charge in [0.25, 0.3) is 0 Å². The summed E-state index contributed by atoms with van der Waals surface area (Å²) in [5, 5.41) is 0.801. The third-order valence-electron chi connectivity index (χ3n) is 4.30. The zero-order valence-corrected chi connectivity index (χ0v) is 13.9. The van der Waals surface area contributed by atoms with Gasteiger partial charge in [0.2, 0.25) is 5.91 Å². The van der Waals surface area contributed by atoms with Crippen molar-refractivity contribution in [1.82, 2.24) is 9.80 Å². The molecule has 21 heavy (non-hydrogen) atoms. The number of carbonyl (C=O) groups is 1. The smallest absolute Gasteiger partial charge is 0.219 e. The van der Waals surface area contributed by atoms with Crippen LogP contribution in [0.4, 0.5) is 0 Å². The molecule has 3 nitrogen and oxygen atoms in total. The second kappa shape index (κ2) is 7.28. The van der Waals surface area contributed by atoms with E-state index in [1.54, 1.807) is 6.92 Å². The zero-order valence-electron chi connectivity index (χ0n) is 13.2. The van der Waals surface area contributed by atoms with E-state index in [1.807, 2.05) is 23.1 Å². The minimum Gasteiger partial charge on any atom is -0.343 e. The van der Waals surface area contributed by atoms with Gasteiger partial charge in [0, 0.05) is 38.1 Å². The maximum Gasteiger partial charge on any atom is 0.219 e. The number of rotatable bonds is 5. The number of likely N-dealkylation sites (N-methyl/N-ethyl adjacent to an activating group) is 1. The molecule has 1 aliphatic rings. The van der Waals surface area contributed by atoms with Crippen molar-refractivity contribution >= 4 is 17.5 Å². The van der Waals surface area contributed by atoms with Gasteiger partial charge in [-0.15, -0.1) is 0 Å². The van der Waals surface area contributed by atoms with Gasteiger partial charge in [0.05, 0.1) is 0 Å². The van der Waals surface area contributed by atoms with Crippen molar-refractivity contribution in [2.45, 2.75) is 26.2 Å². The third kappa shape index (κ3) is 4.72. The molecule has 1 aliphatic heterocycles. The second-order valence-corrected chi connectivity index (χ2v) is 6.73. The molecule has 1 aromatic rings. The van der Waals surface area contributed by atoms with Crippen molar-refractivity contribution in [3.63, 3.8) is 0 Å². The Bertz CT molecular complexity index is 491. The maximum absolute atomic E-state index is 11.4. The molecule has 0 spiro atoms. The molecule has 0 N–H and O–H groups in total. The zero-order chi connectivity index (χ0) is 15.4. The average Bonchev–Trinajstić information content (AvgIpc) is 2.87. The normalized spacial score (nSPS) is 20.0. The van der Waals surface area contributed by atoms with Crippen molar-refractivity contribution in [2.24, 2.45) is 5.92 Å². The second-order valence-electron chi connectivity index (χ2n) is 6.30. The van der Waals surface area contributed by atoms with Crippen LogP contribution in [0.5, 0.6) is 0 Å². The molecular weight excluding hydrogens is 284 g/mol. The largest absolute Gasteiger partial charge is 0.343 e. The van der Waals surface area contributed by atoms with Crippen molar-refractivity contribution < 1.29 is 4.79 Å². The predicted octanol–water partition coefficient (Wildman–Crippen LogP) is 3.24. The summed E-state index contributed by atoms with van der Waals surface area (Å²) in [7, 11) is 2.16. The highest BCUT2D eigenvalue weighted by Crippen LogP contribution is 2.22. The van der Waals surface area contributed by atoms with E-state index in [-0.39, 0.29) is 5.91 Å². The van der Waals surface area contributed by atoms with Gasteiger partial charge in [0.1, 0.15) is 0 Å². The molecule has 0 saturated carbocycles. The van der Waals surface area contributed by atoms with Crippen LogP contribution in [-0.4, -0.2) is 48.9 Å². The van der Waals surface area contributed by atoms with Crippen LogP contribution < -0.4 is 0 Å². The molecule has 1 amide bonds. The van der Waals surface area contributed by atoms with Crippen LogP contribution in [0.15, 0.2) is 24.3 Å². The van der Waals surface area contributed by atoms with Gasteiger partial charge < -0.3 is 9.80 Å². The molecule has 0 aliphatic carbocycles. The Morgan fingerprint density at radius 3 is 2.90 bits per heavy atom. The highest BCUT2D eigenvalue weighted by Gasteiger charge is 2.25. The van der Waals surface area contributed by atoms with Crippen LogP contribution in [0.3, 0.4) is 0 Å². The molecule has 0 unspecified atom stereocenters. The maximum atomic E-state index is 11.4. The minimum absolute atomic E-state index is 0.201. The lowest BCUT2D eigenvalue weighted by Crippen LogP contribution is -2.32. The molecule has 0 radical (unpaired) electrons. The minimum atomic E-state index is 0.201. The first-order chi connectivity index (χ1) is 9.95. The molecular formula is C17H25ClN2O. The van der Waals surface area contributed by atoms with E-state index in [2.05, 4.69) is 24.9 Å². The fourth-order valence-corrected chi connectivity index (χ4v) is 3.37. The van der Waals surface area contributed by atoms with Gasteiger partial charge in [-0.3, -0.25) is 4.79 Å². The molecule has 4 heteroatoms. The van der Waals surface area contributed by atoms with Crippen LogP contribution in [0.25, 0.3) is 0 Å². The molecule has 116 valence electrons. The predicted molar refractivity (Wildman–Crippen MR) is 87.7 cm³/mol. The first kappa shape index (κ1) is 16.3. The molecule has 0 aromatic heterocycles. The number of hydrogen-bond acceptors (Lipinski definition) is 2. The molecule has 1 saturated heterocycles. The molecule has 1 heterocycles. The van der Waals surface area contributed by atoms with Gasteiger partial charge >= 0.3 is 0 Å². The van der Waals surface area contributed by atoms with Crippen molar-refractivity contribution in [3.8, 4) is 0 Å². The average molecular weight is 309 g/mol. The van der Waals surface area contributed by atoms with Crippen molar-refractivity contribution in [1.29, 1.82) is 0 Å². The summed E-state index contributed by atoms with van der Waals surface area (Å²) in [4.78, 5) is 15.7. The van der Waals surface area contributed by atoms with Crippen molar-refractivity contribution in [2.75, 3.05) is 33.2 Å². The number of hydrogen-bond donors (Lipinski definition) is 0. The van der Waals surface area contributed by atoms with E-state index in [0.717, 1.165) is 37.6 Å². The van der Waals surface area contributed by atoms with Crippen molar-refractivity contribution in [3.05, 3.63) is 34.9 Å². The number of halogens is 1. The Balaban J connectivity index is 1.82. The fraction of sp³-hybridized carbons (Fsp3) is 0.588. The monoisotopic (exact) mass is 308 g/mol. The Kier molecular flexibility index (Phi) is 5.65. The van der Waals surface area contributed by atoms with E-state index in [4.69, 9.17) is 11.6 Å². The summed E-state index contributed by atoms with van der Waals surface area (Å²) in [6.45, 7) is 7.78. The third-order valence-corrected chi connectivity index (χ3v) is 4.54. The van der Waals surface area contributed by atoms with Gasteiger partial charge in [-0.1, -0.05) is 30.7 Å². The van der Waals surface area contributed by atoms with E-state index >= 15 is 0 Å².